The van der Waals surface area contributed by atoms with Crippen molar-refractivity contribution in [2.24, 2.45) is 0 Å². The minimum Gasteiger partial charge on any atom is -0.481 e. The maximum absolute atomic E-state index is 9.61. The molecule has 3 N–H and O–H groups in total. The predicted octanol–water partition coefficient (Wildman–Crippen LogP) is -0.487. The first-order valence-corrected chi connectivity index (χ1v) is 5.40. The van der Waals surface area contributed by atoms with Gasteiger partial charge in [-0.05, 0) is 11.6 Å². The lowest BCUT2D eigenvalue weighted by Crippen LogP contribution is -2.38. The van der Waals surface area contributed by atoms with E-state index in [0.29, 0.717) is 19.0 Å². The third-order valence-electron chi connectivity index (χ3n) is 2.76. The Hall–Kier alpha value is -1.17. The highest BCUT2D eigenvalue weighted by Crippen LogP contribution is 2.09. The Bertz CT molecular complexity index is 346. The topological polar surface area (TPSA) is 66.4 Å². The number of hydrogen-bond acceptors (Lipinski definition) is 5. The number of nitrogens with one attached hydrogen (secondary N) is 2. The highest BCUT2D eigenvalue weighted by Gasteiger charge is 2.23. The van der Waals surface area contributed by atoms with Crippen molar-refractivity contribution in [3.63, 3.8) is 0 Å². The zero-order valence-electron chi connectivity index (χ0n) is 9.31. The average molecular weight is 223 g/mol. The molecule has 0 bridgehead atoms. The first kappa shape index (κ1) is 11.3. The smallest absolute Gasteiger partial charge is 0.213 e. The van der Waals surface area contributed by atoms with Crippen LogP contribution in [-0.2, 0) is 6.54 Å². The van der Waals surface area contributed by atoms with Gasteiger partial charge >= 0.3 is 0 Å². The molecule has 88 valence electrons. The Morgan fingerprint density at radius 1 is 1.62 bits per heavy atom. The quantitative estimate of drug-likeness (QED) is 0.643. The van der Waals surface area contributed by atoms with E-state index >= 15 is 0 Å². The molecule has 2 heterocycles. The van der Waals surface area contributed by atoms with Crippen molar-refractivity contribution >= 4 is 0 Å². The SMILES string of the molecule is COc1cc(CN[C@@H]2CNC[C@H]2O)ccn1. The van der Waals surface area contributed by atoms with Gasteiger partial charge in [-0.3, -0.25) is 0 Å². The maximum Gasteiger partial charge on any atom is 0.213 e. The van der Waals surface area contributed by atoms with Gasteiger partial charge in [0.1, 0.15) is 0 Å². The molecule has 0 unspecified atom stereocenters. The fourth-order valence-electron chi connectivity index (χ4n) is 1.79. The second kappa shape index (κ2) is 5.25. The van der Waals surface area contributed by atoms with Crippen molar-refractivity contribution < 1.29 is 9.84 Å². The van der Waals surface area contributed by atoms with Crippen LogP contribution in [0.3, 0.4) is 0 Å². The van der Waals surface area contributed by atoms with Crippen molar-refractivity contribution in [1.82, 2.24) is 15.6 Å². The Balaban J connectivity index is 1.88. The molecule has 0 saturated carbocycles. The maximum atomic E-state index is 9.61. The summed E-state index contributed by atoms with van der Waals surface area (Å²) in [5.41, 5.74) is 1.10. The second-order valence-corrected chi connectivity index (χ2v) is 3.92. The van der Waals surface area contributed by atoms with Gasteiger partial charge in [0.05, 0.1) is 13.2 Å². The number of aliphatic hydroxyl groups excluding tert-OH is 1. The number of ether oxygens (including phenoxy) is 1. The molecule has 16 heavy (non-hydrogen) atoms. The van der Waals surface area contributed by atoms with E-state index in [1.807, 2.05) is 12.1 Å². The third-order valence-corrected chi connectivity index (χ3v) is 2.76. The van der Waals surface area contributed by atoms with Gasteiger partial charge in [-0.2, -0.15) is 0 Å². The van der Waals surface area contributed by atoms with Crippen LogP contribution in [-0.4, -0.2) is 42.4 Å². The van der Waals surface area contributed by atoms with Crippen molar-refractivity contribution in [3.8, 4) is 5.88 Å². The summed E-state index contributed by atoms with van der Waals surface area (Å²) in [5.74, 6) is 0.615. The molecule has 0 spiro atoms. The van der Waals surface area contributed by atoms with Gasteiger partial charge in [-0.15, -0.1) is 0 Å². The van der Waals surface area contributed by atoms with E-state index in [1.165, 1.54) is 0 Å². The molecule has 1 saturated heterocycles. The summed E-state index contributed by atoms with van der Waals surface area (Å²) in [6.45, 7) is 2.18. The van der Waals surface area contributed by atoms with Crippen LogP contribution in [0, 0.1) is 0 Å². The van der Waals surface area contributed by atoms with E-state index < -0.39 is 0 Å². The first-order chi connectivity index (χ1) is 7.79. The lowest BCUT2D eigenvalue weighted by atomic mass is 10.2. The standard InChI is InChI=1S/C11H17N3O2/c1-16-11-4-8(2-3-13-11)5-14-9-6-12-7-10(9)15/h2-4,9-10,12,14-15H,5-7H2,1H3/t9-,10-/m1/s1. The molecule has 2 atom stereocenters. The van der Waals surface area contributed by atoms with Crippen molar-refractivity contribution in [2.45, 2.75) is 18.7 Å². The monoisotopic (exact) mass is 223 g/mol. The number of aliphatic hydroxyl groups is 1. The summed E-state index contributed by atoms with van der Waals surface area (Å²) in [6.07, 6.45) is 1.42. The molecule has 1 aromatic rings. The summed E-state index contributed by atoms with van der Waals surface area (Å²) in [4.78, 5) is 4.04. The summed E-state index contributed by atoms with van der Waals surface area (Å²) in [7, 11) is 1.60. The number of rotatable bonds is 4. The third kappa shape index (κ3) is 2.69. The summed E-state index contributed by atoms with van der Waals surface area (Å²) in [6, 6.07) is 3.95. The minimum absolute atomic E-state index is 0.124. The Labute approximate surface area is 94.8 Å². The van der Waals surface area contributed by atoms with Crippen LogP contribution in [0.5, 0.6) is 5.88 Å². The Kier molecular flexibility index (Phi) is 3.71. The van der Waals surface area contributed by atoms with Crippen LogP contribution < -0.4 is 15.4 Å². The molecule has 1 aliphatic rings. The summed E-state index contributed by atoms with van der Waals surface area (Å²) in [5, 5.41) is 16.0. The van der Waals surface area contributed by atoms with Crippen LogP contribution >= 0.6 is 0 Å². The molecule has 2 rings (SSSR count). The summed E-state index contributed by atoms with van der Waals surface area (Å²) >= 11 is 0. The van der Waals surface area contributed by atoms with E-state index in [4.69, 9.17) is 4.74 Å². The fraction of sp³-hybridized carbons (Fsp3) is 0.545. The molecule has 0 amide bonds. The fourth-order valence-corrected chi connectivity index (χ4v) is 1.79. The molecule has 5 heteroatoms. The molecule has 0 radical (unpaired) electrons. The van der Waals surface area contributed by atoms with Crippen LogP contribution in [0.1, 0.15) is 5.56 Å². The number of methoxy groups -OCH3 is 1. The highest BCUT2D eigenvalue weighted by atomic mass is 16.5. The van der Waals surface area contributed by atoms with Gasteiger partial charge in [-0.25, -0.2) is 4.98 Å². The largest absolute Gasteiger partial charge is 0.481 e. The van der Waals surface area contributed by atoms with E-state index in [-0.39, 0.29) is 12.1 Å². The van der Waals surface area contributed by atoms with Crippen molar-refractivity contribution in [1.29, 1.82) is 0 Å². The molecule has 1 aromatic heterocycles. The average Bonchev–Trinajstić information content (AvgIpc) is 2.72. The lowest BCUT2D eigenvalue weighted by Gasteiger charge is -2.15. The molecule has 1 fully saturated rings. The Morgan fingerprint density at radius 3 is 3.19 bits per heavy atom. The van der Waals surface area contributed by atoms with Crippen LogP contribution in [0.25, 0.3) is 0 Å². The van der Waals surface area contributed by atoms with Gasteiger partial charge in [0, 0.05) is 37.9 Å². The summed E-state index contributed by atoms with van der Waals surface area (Å²) < 4.78 is 5.05. The molecule has 0 aliphatic carbocycles. The van der Waals surface area contributed by atoms with Crippen LogP contribution in [0.2, 0.25) is 0 Å². The van der Waals surface area contributed by atoms with E-state index in [2.05, 4.69) is 15.6 Å². The normalized spacial score (nSPS) is 24.6. The number of nitrogens with zero attached hydrogens (tertiary/aromatic N) is 1. The van der Waals surface area contributed by atoms with Gasteiger partial charge < -0.3 is 20.5 Å². The highest BCUT2D eigenvalue weighted by molar-refractivity contribution is 5.20. The van der Waals surface area contributed by atoms with E-state index in [0.717, 1.165) is 12.1 Å². The zero-order valence-corrected chi connectivity index (χ0v) is 9.31. The first-order valence-electron chi connectivity index (χ1n) is 5.40. The minimum atomic E-state index is -0.302. The van der Waals surface area contributed by atoms with Crippen LogP contribution in [0.4, 0.5) is 0 Å². The van der Waals surface area contributed by atoms with E-state index in [1.54, 1.807) is 13.3 Å². The van der Waals surface area contributed by atoms with Gasteiger partial charge in [0.15, 0.2) is 0 Å². The number of hydrogen-bond donors (Lipinski definition) is 3. The molecule has 5 nitrogen and oxygen atoms in total. The van der Waals surface area contributed by atoms with Gasteiger partial charge in [0.25, 0.3) is 0 Å². The molecular formula is C11H17N3O2. The lowest BCUT2D eigenvalue weighted by molar-refractivity contribution is 0.162. The van der Waals surface area contributed by atoms with Crippen molar-refractivity contribution in [2.75, 3.05) is 20.2 Å². The second-order valence-electron chi connectivity index (χ2n) is 3.92. The molecule has 0 aromatic carbocycles. The van der Waals surface area contributed by atoms with E-state index in [9.17, 15) is 5.11 Å². The molecule has 1 aliphatic heterocycles. The number of pyridine rings is 1. The van der Waals surface area contributed by atoms with Crippen LogP contribution in [0.15, 0.2) is 18.3 Å². The Morgan fingerprint density at radius 2 is 2.50 bits per heavy atom. The predicted molar refractivity (Wildman–Crippen MR) is 60.3 cm³/mol. The molecular weight excluding hydrogens is 206 g/mol. The zero-order chi connectivity index (χ0) is 11.4. The van der Waals surface area contributed by atoms with Gasteiger partial charge in [0.2, 0.25) is 5.88 Å². The van der Waals surface area contributed by atoms with Crippen molar-refractivity contribution in [3.05, 3.63) is 23.9 Å². The van der Waals surface area contributed by atoms with Gasteiger partial charge in [-0.1, -0.05) is 0 Å². The number of β-amino-alcohol motifs (C(OH)–C–C–N with tert-alkyl or cyclic N) is 1. The number of aromatic nitrogens is 1.